The highest BCUT2D eigenvalue weighted by Gasteiger charge is 2.05. The van der Waals surface area contributed by atoms with Crippen molar-refractivity contribution in [3.05, 3.63) is 35.9 Å². The molecule has 0 aliphatic carbocycles. The molecule has 0 saturated heterocycles. The molecule has 0 amide bonds. The number of rotatable bonds is 2. The number of hydrogen-bond donors (Lipinski definition) is 0. The van der Waals surface area contributed by atoms with Crippen molar-refractivity contribution in [2.24, 2.45) is 0 Å². The van der Waals surface area contributed by atoms with Crippen molar-refractivity contribution in [3.63, 3.8) is 0 Å². The summed E-state index contributed by atoms with van der Waals surface area (Å²) in [5.41, 5.74) is 2.13. The maximum absolute atomic E-state index is 4.39. The molecule has 0 atom stereocenters. The third-order valence-electron chi connectivity index (χ3n) is 2.04. The quantitative estimate of drug-likeness (QED) is 0.717. The summed E-state index contributed by atoms with van der Waals surface area (Å²) < 4.78 is 1.76. The van der Waals surface area contributed by atoms with E-state index in [1.165, 1.54) is 0 Å². The second-order valence-electron chi connectivity index (χ2n) is 3.09. The molecular formula is C10H12N4. The summed E-state index contributed by atoms with van der Waals surface area (Å²) >= 11 is 0. The molecule has 0 fully saturated rings. The van der Waals surface area contributed by atoms with E-state index < -0.39 is 0 Å². The molecule has 0 radical (unpaired) electrons. The number of aryl methyl sites for hydroxylation is 2. The Morgan fingerprint density at radius 3 is 2.57 bits per heavy atom. The molecule has 0 saturated carbocycles. The van der Waals surface area contributed by atoms with Crippen molar-refractivity contribution in [2.75, 3.05) is 0 Å². The van der Waals surface area contributed by atoms with Crippen LogP contribution in [-0.2, 0) is 6.42 Å². The second-order valence-corrected chi connectivity index (χ2v) is 3.09. The fourth-order valence-corrected chi connectivity index (χ4v) is 1.31. The zero-order valence-corrected chi connectivity index (χ0v) is 8.31. The lowest BCUT2D eigenvalue weighted by molar-refractivity contribution is 0.764. The molecule has 0 aliphatic heterocycles. The van der Waals surface area contributed by atoms with Crippen LogP contribution in [0.25, 0.3) is 5.95 Å². The highest BCUT2D eigenvalue weighted by Crippen LogP contribution is 2.07. The maximum Gasteiger partial charge on any atom is 0.250 e. The van der Waals surface area contributed by atoms with Gasteiger partial charge in [-0.3, -0.25) is 0 Å². The normalized spacial score (nSPS) is 10.4. The van der Waals surface area contributed by atoms with E-state index in [0.717, 1.165) is 17.8 Å². The summed E-state index contributed by atoms with van der Waals surface area (Å²) in [5, 5.41) is 4.39. The molecule has 72 valence electrons. The Morgan fingerprint density at radius 2 is 2.00 bits per heavy atom. The van der Waals surface area contributed by atoms with Gasteiger partial charge in [-0.2, -0.15) is 5.10 Å². The molecule has 0 aromatic carbocycles. The first-order chi connectivity index (χ1) is 6.81. The van der Waals surface area contributed by atoms with E-state index in [1.807, 2.05) is 6.92 Å². The Labute approximate surface area is 82.6 Å². The molecule has 4 heteroatoms. The fraction of sp³-hybridized carbons (Fsp3) is 0.300. The lowest BCUT2D eigenvalue weighted by Gasteiger charge is -1.99. The van der Waals surface area contributed by atoms with Crippen LogP contribution >= 0.6 is 0 Å². The first-order valence-corrected chi connectivity index (χ1v) is 4.64. The third kappa shape index (κ3) is 1.51. The van der Waals surface area contributed by atoms with Crippen molar-refractivity contribution in [1.82, 2.24) is 19.7 Å². The first-order valence-electron chi connectivity index (χ1n) is 4.64. The highest BCUT2D eigenvalue weighted by atomic mass is 15.3. The number of nitrogens with zero attached hydrogens (tertiary/aromatic N) is 4. The summed E-state index contributed by atoms with van der Waals surface area (Å²) in [6.45, 7) is 4.08. The first kappa shape index (κ1) is 8.87. The van der Waals surface area contributed by atoms with Gasteiger partial charge >= 0.3 is 0 Å². The molecule has 14 heavy (non-hydrogen) atoms. The van der Waals surface area contributed by atoms with Crippen molar-refractivity contribution in [3.8, 4) is 5.95 Å². The van der Waals surface area contributed by atoms with Crippen molar-refractivity contribution in [1.29, 1.82) is 0 Å². The van der Waals surface area contributed by atoms with E-state index in [9.17, 15) is 0 Å². The van der Waals surface area contributed by atoms with E-state index in [1.54, 1.807) is 23.1 Å². The number of hydrogen-bond acceptors (Lipinski definition) is 3. The minimum absolute atomic E-state index is 0.629. The van der Waals surface area contributed by atoms with Crippen LogP contribution in [-0.4, -0.2) is 19.7 Å². The molecule has 2 rings (SSSR count). The highest BCUT2D eigenvalue weighted by molar-refractivity contribution is 5.18. The lowest BCUT2D eigenvalue weighted by atomic mass is 10.3. The van der Waals surface area contributed by atoms with Gasteiger partial charge in [0.25, 0.3) is 5.95 Å². The summed E-state index contributed by atoms with van der Waals surface area (Å²) in [7, 11) is 0. The van der Waals surface area contributed by atoms with Crippen molar-refractivity contribution in [2.45, 2.75) is 20.3 Å². The molecule has 0 N–H and O–H groups in total. The van der Waals surface area contributed by atoms with E-state index in [-0.39, 0.29) is 0 Å². The molecular weight excluding hydrogens is 176 g/mol. The Kier molecular flexibility index (Phi) is 2.26. The van der Waals surface area contributed by atoms with Gasteiger partial charge < -0.3 is 0 Å². The molecule has 2 aromatic rings. The van der Waals surface area contributed by atoms with Crippen LogP contribution in [0.4, 0.5) is 0 Å². The zero-order valence-electron chi connectivity index (χ0n) is 8.31. The van der Waals surface area contributed by atoms with Crippen LogP contribution in [0.3, 0.4) is 0 Å². The van der Waals surface area contributed by atoms with Gasteiger partial charge in [0.1, 0.15) is 0 Å². The zero-order chi connectivity index (χ0) is 9.97. The molecule has 0 bridgehead atoms. The van der Waals surface area contributed by atoms with Gasteiger partial charge in [-0.1, -0.05) is 6.92 Å². The van der Waals surface area contributed by atoms with Gasteiger partial charge in [0.2, 0.25) is 0 Å². The van der Waals surface area contributed by atoms with Crippen LogP contribution < -0.4 is 0 Å². The Hall–Kier alpha value is -1.71. The molecule has 0 spiro atoms. The van der Waals surface area contributed by atoms with Gasteiger partial charge in [-0.05, 0) is 25.5 Å². The van der Waals surface area contributed by atoms with E-state index >= 15 is 0 Å². The molecule has 2 heterocycles. The van der Waals surface area contributed by atoms with Crippen molar-refractivity contribution >= 4 is 0 Å². The standard InChI is InChI=1S/C10H12N4/c1-3-9-7-8(2)14(13-9)10-11-5-4-6-12-10/h4-7H,3H2,1-2H3. The van der Waals surface area contributed by atoms with Gasteiger partial charge in [0.05, 0.1) is 5.69 Å². The average Bonchev–Trinajstić information content (AvgIpc) is 2.61. The van der Waals surface area contributed by atoms with Crippen LogP contribution in [0.15, 0.2) is 24.5 Å². The number of aromatic nitrogens is 4. The lowest BCUT2D eigenvalue weighted by Crippen LogP contribution is -2.03. The van der Waals surface area contributed by atoms with Crippen LogP contribution in [0, 0.1) is 6.92 Å². The van der Waals surface area contributed by atoms with Gasteiger partial charge in [-0.25, -0.2) is 14.6 Å². The van der Waals surface area contributed by atoms with Gasteiger partial charge in [0.15, 0.2) is 0 Å². The van der Waals surface area contributed by atoms with Crippen LogP contribution in [0.2, 0.25) is 0 Å². The Balaban J connectivity index is 2.46. The largest absolute Gasteiger partial charge is 0.250 e. The summed E-state index contributed by atoms with van der Waals surface area (Å²) in [5.74, 6) is 0.629. The second kappa shape index (κ2) is 3.57. The third-order valence-corrected chi connectivity index (χ3v) is 2.04. The predicted octanol–water partition coefficient (Wildman–Crippen LogP) is 1.53. The Bertz CT molecular complexity index is 419. The van der Waals surface area contributed by atoms with E-state index in [0.29, 0.717) is 5.95 Å². The summed E-state index contributed by atoms with van der Waals surface area (Å²) in [4.78, 5) is 8.29. The predicted molar refractivity (Wildman–Crippen MR) is 53.3 cm³/mol. The summed E-state index contributed by atoms with van der Waals surface area (Å²) in [6.07, 6.45) is 4.37. The minimum Gasteiger partial charge on any atom is -0.220 e. The Morgan fingerprint density at radius 1 is 1.29 bits per heavy atom. The van der Waals surface area contributed by atoms with Crippen LogP contribution in [0.5, 0.6) is 0 Å². The molecule has 2 aromatic heterocycles. The monoisotopic (exact) mass is 188 g/mol. The topological polar surface area (TPSA) is 43.6 Å². The van der Waals surface area contributed by atoms with Gasteiger partial charge in [-0.15, -0.1) is 0 Å². The van der Waals surface area contributed by atoms with E-state index in [2.05, 4.69) is 28.1 Å². The minimum atomic E-state index is 0.629. The van der Waals surface area contributed by atoms with Crippen LogP contribution in [0.1, 0.15) is 18.3 Å². The maximum atomic E-state index is 4.39. The smallest absolute Gasteiger partial charge is 0.220 e. The van der Waals surface area contributed by atoms with Gasteiger partial charge in [0, 0.05) is 18.1 Å². The fourth-order valence-electron chi connectivity index (χ4n) is 1.31. The van der Waals surface area contributed by atoms with Crippen molar-refractivity contribution < 1.29 is 0 Å². The average molecular weight is 188 g/mol. The van der Waals surface area contributed by atoms with E-state index in [4.69, 9.17) is 0 Å². The molecule has 4 nitrogen and oxygen atoms in total. The molecule has 0 aliphatic rings. The SMILES string of the molecule is CCc1cc(C)n(-c2ncccn2)n1. The summed E-state index contributed by atoms with van der Waals surface area (Å²) in [6, 6.07) is 3.85. The molecule has 0 unspecified atom stereocenters.